The van der Waals surface area contributed by atoms with Crippen LogP contribution in [-0.4, -0.2) is 24.7 Å². The minimum Gasteiger partial charge on any atom is -0.491 e. The van der Waals surface area contributed by atoms with E-state index in [0.29, 0.717) is 13.0 Å². The maximum absolute atomic E-state index is 12.6. The van der Waals surface area contributed by atoms with Crippen LogP contribution < -0.4 is 14.8 Å². The fourth-order valence-electron chi connectivity index (χ4n) is 3.39. The molecule has 0 radical (unpaired) electrons. The molecular formula is C23H29NO3. The van der Waals surface area contributed by atoms with Crippen LogP contribution in [0.4, 0.5) is 0 Å². The highest BCUT2D eigenvalue weighted by molar-refractivity contribution is 5.81. The lowest BCUT2D eigenvalue weighted by Crippen LogP contribution is -2.44. The van der Waals surface area contributed by atoms with Crippen LogP contribution in [0.3, 0.4) is 0 Å². The van der Waals surface area contributed by atoms with Crippen LogP contribution in [0.15, 0.2) is 48.5 Å². The first-order valence-electron chi connectivity index (χ1n) is 9.92. The van der Waals surface area contributed by atoms with E-state index < -0.39 is 6.10 Å². The lowest BCUT2D eigenvalue weighted by Gasteiger charge is -2.22. The summed E-state index contributed by atoms with van der Waals surface area (Å²) >= 11 is 0. The molecule has 0 saturated carbocycles. The Hall–Kier alpha value is -2.49. The van der Waals surface area contributed by atoms with Gasteiger partial charge in [0.15, 0.2) is 6.10 Å². The van der Waals surface area contributed by atoms with Gasteiger partial charge in [-0.25, -0.2) is 0 Å². The molecule has 3 rings (SSSR count). The van der Waals surface area contributed by atoms with Gasteiger partial charge >= 0.3 is 0 Å². The van der Waals surface area contributed by atoms with E-state index in [1.165, 1.54) is 24.0 Å². The van der Waals surface area contributed by atoms with Crippen molar-refractivity contribution in [3.05, 3.63) is 59.7 Å². The van der Waals surface area contributed by atoms with Gasteiger partial charge in [0.2, 0.25) is 0 Å². The molecule has 0 aromatic heterocycles. The van der Waals surface area contributed by atoms with E-state index in [-0.39, 0.29) is 11.9 Å². The second kappa shape index (κ2) is 9.45. The summed E-state index contributed by atoms with van der Waals surface area (Å²) in [5.74, 6) is 1.49. The number of amides is 1. The van der Waals surface area contributed by atoms with E-state index in [4.69, 9.17) is 9.47 Å². The third-order valence-corrected chi connectivity index (χ3v) is 4.89. The van der Waals surface area contributed by atoms with Gasteiger partial charge in [-0.2, -0.15) is 0 Å². The van der Waals surface area contributed by atoms with Crippen LogP contribution in [0.1, 0.15) is 44.2 Å². The Labute approximate surface area is 161 Å². The predicted molar refractivity (Wildman–Crippen MR) is 107 cm³/mol. The minimum atomic E-state index is -0.495. The van der Waals surface area contributed by atoms with Crippen LogP contribution in [0.2, 0.25) is 0 Å². The van der Waals surface area contributed by atoms with E-state index in [0.717, 1.165) is 24.3 Å². The third kappa shape index (κ3) is 5.49. The van der Waals surface area contributed by atoms with Gasteiger partial charge in [-0.1, -0.05) is 31.2 Å². The zero-order valence-electron chi connectivity index (χ0n) is 16.2. The number of para-hydroxylation sites is 1. The third-order valence-electron chi connectivity index (χ3n) is 4.89. The van der Waals surface area contributed by atoms with Crippen LogP contribution >= 0.6 is 0 Å². The molecule has 27 heavy (non-hydrogen) atoms. The molecule has 0 spiro atoms. The first-order valence-corrected chi connectivity index (χ1v) is 9.92. The Morgan fingerprint density at radius 2 is 1.78 bits per heavy atom. The molecule has 0 unspecified atom stereocenters. The van der Waals surface area contributed by atoms with E-state index in [1.54, 1.807) is 0 Å². The van der Waals surface area contributed by atoms with Crippen molar-refractivity contribution in [3.8, 4) is 11.5 Å². The highest BCUT2D eigenvalue weighted by Gasteiger charge is 2.21. The van der Waals surface area contributed by atoms with Gasteiger partial charge in [-0.05, 0) is 74.4 Å². The molecule has 1 aliphatic rings. The number of fused-ring (bicyclic) bond motifs is 1. The van der Waals surface area contributed by atoms with Gasteiger partial charge in [0.25, 0.3) is 5.91 Å². The average molecular weight is 367 g/mol. The number of hydrogen-bond donors (Lipinski definition) is 1. The molecule has 0 heterocycles. The molecule has 144 valence electrons. The van der Waals surface area contributed by atoms with E-state index in [9.17, 15) is 4.79 Å². The maximum atomic E-state index is 12.6. The summed E-state index contributed by atoms with van der Waals surface area (Å²) in [6.45, 7) is 4.32. The van der Waals surface area contributed by atoms with Crippen molar-refractivity contribution < 1.29 is 14.3 Å². The molecule has 0 saturated heterocycles. The molecule has 1 amide bonds. The number of nitrogens with one attached hydrogen (secondary N) is 1. The summed E-state index contributed by atoms with van der Waals surface area (Å²) in [6.07, 6.45) is 4.86. The number of rotatable bonds is 8. The smallest absolute Gasteiger partial charge is 0.261 e. The maximum Gasteiger partial charge on any atom is 0.261 e. The second-order valence-corrected chi connectivity index (χ2v) is 7.19. The van der Waals surface area contributed by atoms with Crippen molar-refractivity contribution in [2.24, 2.45) is 0 Å². The summed E-state index contributed by atoms with van der Waals surface area (Å²) in [7, 11) is 0. The van der Waals surface area contributed by atoms with Crippen LogP contribution in [-0.2, 0) is 17.6 Å². The van der Waals surface area contributed by atoms with Crippen LogP contribution in [0, 0.1) is 0 Å². The normalized spacial score (nSPS) is 15.3. The minimum absolute atomic E-state index is 0.0978. The number of aryl methyl sites for hydroxylation is 2. The Bertz CT molecular complexity index is 745. The second-order valence-electron chi connectivity index (χ2n) is 7.19. The molecule has 1 aliphatic carbocycles. The molecule has 0 fully saturated rings. The summed E-state index contributed by atoms with van der Waals surface area (Å²) in [6, 6.07) is 15.8. The Morgan fingerprint density at radius 3 is 2.52 bits per heavy atom. The number of carbonyl (C=O) groups is 1. The predicted octanol–water partition coefficient (Wildman–Crippen LogP) is 4.31. The van der Waals surface area contributed by atoms with Crippen molar-refractivity contribution in [3.63, 3.8) is 0 Å². The zero-order valence-corrected chi connectivity index (χ0v) is 16.2. The average Bonchev–Trinajstić information content (AvgIpc) is 2.71. The molecule has 0 aliphatic heterocycles. The molecule has 1 N–H and O–H groups in total. The molecule has 2 atom stereocenters. The lowest BCUT2D eigenvalue weighted by molar-refractivity contribution is -0.128. The fraction of sp³-hybridized carbons (Fsp3) is 0.435. The first-order chi connectivity index (χ1) is 13.2. The number of ether oxygens (including phenoxy) is 2. The Kier molecular flexibility index (Phi) is 6.74. The van der Waals surface area contributed by atoms with Gasteiger partial charge in [0.05, 0.1) is 6.04 Å². The fourth-order valence-corrected chi connectivity index (χ4v) is 3.39. The van der Waals surface area contributed by atoms with Gasteiger partial charge in [-0.15, -0.1) is 0 Å². The lowest BCUT2D eigenvalue weighted by atomic mass is 9.92. The van der Waals surface area contributed by atoms with Crippen molar-refractivity contribution in [1.29, 1.82) is 0 Å². The quantitative estimate of drug-likeness (QED) is 0.756. The van der Waals surface area contributed by atoms with Gasteiger partial charge < -0.3 is 14.8 Å². The summed E-state index contributed by atoms with van der Waals surface area (Å²) in [5, 5.41) is 2.99. The van der Waals surface area contributed by atoms with Gasteiger partial charge in [0, 0.05) is 0 Å². The standard InChI is InChI=1S/C23H29NO3/c1-3-22(27-21-14-13-18-9-7-8-10-19(18)15-21)23(25)24-17(2)16-26-20-11-5-4-6-12-20/h4-6,11-15,17,22H,3,7-10,16H2,1-2H3,(H,24,25)/t17-,22+/m0/s1. The van der Waals surface area contributed by atoms with E-state index in [2.05, 4.69) is 17.4 Å². The van der Waals surface area contributed by atoms with Crippen molar-refractivity contribution in [2.75, 3.05) is 6.61 Å². The number of benzene rings is 2. The molecule has 0 bridgehead atoms. The largest absolute Gasteiger partial charge is 0.491 e. The first kappa shape index (κ1) is 19.3. The van der Waals surface area contributed by atoms with Gasteiger partial charge in [0.1, 0.15) is 18.1 Å². The molecule has 4 nitrogen and oxygen atoms in total. The SMILES string of the molecule is CC[C@@H](Oc1ccc2c(c1)CCCC2)C(=O)N[C@@H](C)COc1ccccc1. The number of hydrogen-bond acceptors (Lipinski definition) is 3. The number of carbonyl (C=O) groups excluding carboxylic acids is 1. The molecule has 2 aromatic carbocycles. The molecule has 2 aromatic rings. The highest BCUT2D eigenvalue weighted by atomic mass is 16.5. The van der Waals surface area contributed by atoms with Crippen molar-refractivity contribution in [1.82, 2.24) is 5.32 Å². The van der Waals surface area contributed by atoms with Crippen LogP contribution in [0.25, 0.3) is 0 Å². The summed E-state index contributed by atoms with van der Waals surface area (Å²) < 4.78 is 11.7. The van der Waals surface area contributed by atoms with Crippen molar-refractivity contribution in [2.45, 2.75) is 58.1 Å². The Morgan fingerprint density at radius 1 is 1.04 bits per heavy atom. The summed E-state index contributed by atoms with van der Waals surface area (Å²) in [5.41, 5.74) is 2.77. The summed E-state index contributed by atoms with van der Waals surface area (Å²) in [4.78, 5) is 12.6. The van der Waals surface area contributed by atoms with E-state index >= 15 is 0 Å². The monoisotopic (exact) mass is 367 g/mol. The zero-order chi connectivity index (χ0) is 19.1. The molecule has 4 heteroatoms. The van der Waals surface area contributed by atoms with Crippen LogP contribution in [0.5, 0.6) is 11.5 Å². The topological polar surface area (TPSA) is 47.6 Å². The van der Waals surface area contributed by atoms with E-state index in [1.807, 2.05) is 50.2 Å². The van der Waals surface area contributed by atoms with Gasteiger partial charge in [-0.3, -0.25) is 4.79 Å². The van der Waals surface area contributed by atoms with Crippen molar-refractivity contribution >= 4 is 5.91 Å². The Balaban J connectivity index is 1.52. The molecular weight excluding hydrogens is 338 g/mol. The highest BCUT2D eigenvalue weighted by Crippen LogP contribution is 2.26.